The quantitative estimate of drug-likeness (QED) is 0.769. The Morgan fingerprint density at radius 3 is 2.96 bits per heavy atom. The van der Waals surface area contributed by atoms with Gasteiger partial charge in [0.05, 0.1) is 36.5 Å². The highest BCUT2D eigenvalue weighted by molar-refractivity contribution is 7.17. The number of nitrogens with zero attached hydrogens (tertiary/aromatic N) is 2. The number of ether oxygens (including phenoxy) is 1. The molecule has 0 unspecified atom stereocenters. The number of hydrogen-bond acceptors (Lipinski definition) is 3. The van der Waals surface area contributed by atoms with Crippen molar-refractivity contribution < 1.29 is 14.4 Å². The topological polar surface area (TPSA) is 38.9 Å². The number of amides is 1. The first-order chi connectivity index (χ1) is 13.2. The lowest BCUT2D eigenvalue weighted by molar-refractivity contribution is -0.907. The number of morpholine rings is 1. The Kier molecular flexibility index (Phi) is 5.95. The van der Waals surface area contributed by atoms with Gasteiger partial charge in [0.1, 0.15) is 18.8 Å². The molecule has 1 fully saturated rings. The van der Waals surface area contributed by atoms with Gasteiger partial charge in [-0.3, -0.25) is 4.79 Å². The Labute approximate surface area is 165 Å². The summed E-state index contributed by atoms with van der Waals surface area (Å²) in [5.74, 6) is 0.767. The van der Waals surface area contributed by atoms with E-state index >= 15 is 0 Å². The van der Waals surface area contributed by atoms with Gasteiger partial charge in [-0.25, -0.2) is 0 Å². The van der Waals surface area contributed by atoms with Gasteiger partial charge in [0.25, 0.3) is 5.91 Å². The van der Waals surface area contributed by atoms with Crippen molar-refractivity contribution in [1.82, 2.24) is 9.47 Å². The minimum atomic E-state index is 0.183. The SMILES string of the molecule is Cn1c(C(=O)N(CC[NH+]2CCOCC2)C[C@@H]2CC=CCC2)cc2sccc21. The Balaban J connectivity index is 1.49. The molecule has 1 N–H and O–H groups in total. The normalized spacial score (nSPS) is 21.0. The number of quaternary nitrogens is 1. The van der Waals surface area contributed by atoms with E-state index in [4.69, 9.17) is 4.74 Å². The molecule has 1 amide bonds. The number of aromatic nitrogens is 1. The Hall–Kier alpha value is -1.63. The highest BCUT2D eigenvalue weighted by Crippen LogP contribution is 2.26. The van der Waals surface area contributed by atoms with Gasteiger partial charge in [-0.1, -0.05) is 12.2 Å². The molecule has 4 rings (SSSR count). The standard InChI is InChI=1S/C21H29N3O2S/c1-22-18-7-14-27-20(18)15-19(22)21(25)24(16-17-5-3-2-4-6-17)9-8-23-10-12-26-13-11-23/h2-3,7,14-15,17H,4-6,8-13,16H2,1H3/p+1/t17-/m1/s1. The van der Waals surface area contributed by atoms with Gasteiger partial charge >= 0.3 is 0 Å². The van der Waals surface area contributed by atoms with E-state index in [0.29, 0.717) is 5.92 Å². The molecule has 2 aliphatic rings. The van der Waals surface area contributed by atoms with E-state index < -0.39 is 0 Å². The molecule has 1 atom stereocenters. The van der Waals surface area contributed by atoms with Crippen LogP contribution in [0.4, 0.5) is 0 Å². The van der Waals surface area contributed by atoms with Gasteiger partial charge in [0.15, 0.2) is 0 Å². The molecule has 0 radical (unpaired) electrons. The molecule has 0 aromatic carbocycles. The number of nitrogens with one attached hydrogen (secondary N) is 1. The summed E-state index contributed by atoms with van der Waals surface area (Å²) >= 11 is 1.70. The third-order valence-corrected chi connectivity index (χ3v) is 6.81. The third-order valence-electron chi connectivity index (χ3n) is 5.96. The molecule has 1 saturated heterocycles. The first-order valence-corrected chi connectivity index (χ1v) is 11.0. The van der Waals surface area contributed by atoms with Crippen molar-refractivity contribution in [2.24, 2.45) is 13.0 Å². The molecule has 146 valence electrons. The maximum atomic E-state index is 13.4. The van der Waals surface area contributed by atoms with Crippen LogP contribution in [-0.2, 0) is 11.8 Å². The summed E-state index contributed by atoms with van der Waals surface area (Å²) < 4.78 is 8.73. The maximum absolute atomic E-state index is 13.4. The van der Waals surface area contributed by atoms with Gasteiger partial charge in [0.2, 0.25) is 0 Å². The molecule has 0 saturated carbocycles. The summed E-state index contributed by atoms with van der Waals surface area (Å²) in [7, 11) is 2.01. The molecule has 27 heavy (non-hydrogen) atoms. The van der Waals surface area contributed by atoms with E-state index in [1.165, 1.54) is 11.1 Å². The Morgan fingerprint density at radius 2 is 2.22 bits per heavy atom. The van der Waals surface area contributed by atoms with E-state index in [0.717, 1.165) is 70.0 Å². The molecule has 1 aliphatic heterocycles. The monoisotopic (exact) mass is 388 g/mol. The van der Waals surface area contributed by atoms with Crippen molar-refractivity contribution in [1.29, 1.82) is 0 Å². The van der Waals surface area contributed by atoms with Crippen LogP contribution in [0.5, 0.6) is 0 Å². The predicted molar refractivity (Wildman–Crippen MR) is 110 cm³/mol. The van der Waals surface area contributed by atoms with Crippen LogP contribution in [0, 0.1) is 5.92 Å². The molecule has 0 spiro atoms. The van der Waals surface area contributed by atoms with Crippen LogP contribution < -0.4 is 4.90 Å². The zero-order valence-electron chi connectivity index (χ0n) is 16.2. The first-order valence-electron chi connectivity index (χ1n) is 10.1. The number of aryl methyl sites for hydroxylation is 1. The van der Waals surface area contributed by atoms with Crippen molar-refractivity contribution in [2.45, 2.75) is 19.3 Å². The average Bonchev–Trinajstić information content (AvgIpc) is 3.29. The Bertz CT molecular complexity index is 804. The van der Waals surface area contributed by atoms with Crippen LogP contribution >= 0.6 is 11.3 Å². The lowest BCUT2D eigenvalue weighted by Gasteiger charge is -2.31. The summed E-state index contributed by atoms with van der Waals surface area (Å²) in [6.45, 7) is 6.48. The number of allylic oxidation sites excluding steroid dienone is 2. The third kappa shape index (κ3) is 4.28. The van der Waals surface area contributed by atoms with Gasteiger partial charge in [-0.05, 0) is 42.7 Å². The number of carbonyl (C=O) groups excluding carboxylic acids is 1. The van der Waals surface area contributed by atoms with Gasteiger partial charge < -0.3 is 19.1 Å². The number of fused-ring (bicyclic) bond motifs is 1. The predicted octanol–water partition coefficient (Wildman–Crippen LogP) is 1.95. The van der Waals surface area contributed by atoms with E-state index in [1.54, 1.807) is 16.2 Å². The largest absolute Gasteiger partial charge is 0.370 e. The molecular formula is C21H30N3O2S+. The van der Waals surface area contributed by atoms with Crippen LogP contribution in [0.1, 0.15) is 29.8 Å². The number of rotatable bonds is 6. The summed E-state index contributed by atoms with van der Waals surface area (Å²) in [6, 6.07) is 4.17. The second-order valence-corrected chi connectivity index (χ2v) is 8.72. The highest BCUT2D eigenvalue weighted by Gasteiger charge is 2.25. The number of thiophene rings is 1. The van der Waals surface area contributed by atoms with Gasteiger partial charge in [0, 0.05) is 13.6 Å². The molecule has 3 heterocycles. The number of hydrogen-bond donors (Lipinski definition) is 1. The van der Waals surface area contributed by atoms with E-state index in [9.17, 15) is 4.79 Å². The van der Waals surface area contributed by atoms with Crippen LogP contribution in [0.15, 0.2) is 29.7 Å². The van der Waals surface area contributed by atoms with Crippen LogP contribution in [0.3, 0.4) is 0 Å². The molecule has 5 nitrogen and oxygen atoms in total. The zero-order chi connectivity index (χ0) is 18.6. The fraction of sp³-hybridized carbons (Fsp3) is 0.571. The summed E-state index contributed by atoms with van der Waals surface area (Å²) in [6.07, 6.45) is 7.97. The molecule has 1 aliphatic carbocycles. The minimum absolute atomic E-state index is 0.183. The van der Waals surface area contributed by atoms with Crippen molar-refractivity contribution >= 4 is 27.5 Å². The average molecular weight is 389 g/mol. The molecule has 6 heteroatoms. The van der Waals surface area contributed by atoms with E-state index in [2.05, 4.69) is 39.1 Å². The van der Waals surface area contributed by atoms with E-state index in [-0.39, 0.29) is 5.91 Å². The minimum Gasteiger partial charge on any atom is -0.370 e. The molecule has 2 aromatic rings. The lowest BCUT2D eigenvalue weighted by atomic mass is 9.94. The fourth-order valence-corrected chi connectivity index (χ4v) is 5.08. The van der Waals surface area contributed by atoms with Crippen LogP contribution in [0.25, 0.3) is 10.2 Å². The molecule has 0 bridgehead atoms. The van der Waals surface area contributed by atoms with Crippen molar-refractivity contribution in [2.75, 3.05) is 45.9 Å². The van der Waals surface area contributed by atoms with Crippen LogP contribution in [0.2, 0.25) is 0 Å². The van der Waals surface area contributed by atoms with E-state index in [1.807, 2.05) is 7.05 Å². The zero-order valence-corrected chi connectivity index (χ0v) is 17.0. The highest BCUT2D eigenvalue weighted by atomic mass is 32.1. The van der Waals surface area contributed by atoms with Crippen molar-refractivity contribution in [3.63, 3.8) is 0 Å². The van der Waals surface area contributed by atoms with Crippen LogP contribution in [-0.4, -0.2) is 61.3 Å². The molecule has 2 aromatic heterocycles. The lowest BCUT2D eigenvalue weighted by Crippen LogP contribution is -3.14. The van der Waals surface area contributed by atoms with Gasteiger partial charge in [-0.15, -0.1) is 11.3 Å². The van der Waals surface area contributed by atoms with Gasteiger partial charge in [-0.2, -0.15) is 0 Å². The Morgan fingerprint density at radius 1 is 1.37 bits per heavy atom. The second kappa shape index (κ2) is 8.59. The fourth-order valence-electron chi connectivity index (χ4n) is 4.23. The number of carbonyl (C=O) groups is 1. The summed E-state index contributed by atoms with van der Waals surface area (Å²) in [5, 5.41) is 2.09. The summed E-state index contributed by atoms with van der Waals surface area (Å²) in [4.78, 5) is 17.1. The summed E-state index contributed by atoms with van der Waals surface area (Å²) in [5.41, 5.74) is 1.97. The maximum Gasteiger partial charge on any atom is 0.270 e. The second-order valence-electron chi connectivity index (χ2n) is 7.77. The van der Waals surface area contributed by atoms with Crippen molar-refractivity contribution in [3.05, 3.63) is 35.4 Å². The first kappa shape index (κ1) is 18.7. The smallest absolute Gasteiger partial charge is 0.270 e. The van der Waals surface area contributed by atoms with Crippen molar-refractivity contribution in [3.8, 4) is 0 Å². The molecular weight excluding hydrogens is 358 g/mol.